The topological polar surface area (TPSA) is 94.1 Å². The Morgan fingerprint density at radius 3 is 2.28 bits per heavy atom. The maximum Gasteiger partial charge on any atom is 0.247 e. The number of carbonyl (C=O) groups excluding carboxylic acids is 3. The van der Waals surface area contributed by atoms with Crippen LogP contribution in [0.25, 0.3) is 0 Å². The number of aryl methyl sites for hydroxylation is 1. The highest BCUT2D eigenvalue weighted by atomic mass is 16.2. The van der Waals surface area contributed by atoms with Gasteiger partial charge in [-0.1, -0.05) is 70.5 Å². The van der Waals surface area contributed by atoms with Crippen molar-refractivity contribution in [2.45, 2.75) is 72.0 Å². The molecule has 2 aromatic carbocycles. The normalized spacial score (nSPS) is 19.9. The zero-order chi connectivity index (χ0) is 28.7. The number of amides is 3. The van der Waals surface area contributed by atoms with Gasteiger partial charge in [0.25, 0.3) is 0 Å². The van der Waals surface area contributed by atoms with E-state index in [4.69, 9.17) is 0 Å². The van der Waals surface area contributed by atoms with Crippen LogP contribution in [0.4, 0.5) is 5.69 Å². The van der Waals surface area contributed by atoms with Crippen LogP contribution in [0.1, 0.15) is 63.8 Å². The maximum absolute atomic E-state index is 14.3. The molecule has 3 rings (SSSR count). The smallest absolute Gasteiger partial charge is 0.247 e. The number of anilines is 1. The lowest BCUT2D eigenvalue weighted by Gasteiger charge is -2.46. The van der Waals surface area contributed by atoms with Gasteiger partial charge in [-0.15, -0.1) is 0 Å². The Hall–Kier alpha value is -3.68. The molecular weight excluding hydrogens is 490 g/mol. The predicted octanol–water partition coefficient (Wildman–Crippen LogP) is 4.10. The molecule has 0 spiro atoms. The molecule has 8 nitrogen and oxygen atoms in total. The van der Waals surface area contributed by atoms with Gasteiger partial charge in [0.1, 0.15) is 18.1 Å². The number of rotatable bonds is 11. The van der Waals surface area contributed by atoms with Crippen molar-refractivity contribution >= 4 is 29.6 Å². The minimum atomic E-state index is -0.945. The largest absolute Gasteiger partial charge is 0.357 e. The van der Waals surface area contributed by atoms with E-state index in [1.54, 1.807) is 23.2 Å². The van der Waals surface area contributed by atoms with E-state index < -0.39 is 18.1 Å². The molecule has 0 radical (unpaired) electrons. The lowest BCUT2D eigenvalue weighted by atomic mass is 9.84. The second-order valence-electron chi connectivity index (χ2n) is 10.4. The van der Waals surface area contributed by atoms with Gasteiger partial charge in [-0.2, -0.15) is 5.10 Å². The van der Waals surface area contributed by atoms with Gasteiger partial charge >= 0.3 is 0 Å². The molecule has 1 aliphatic heterocycles. The summed E-state index contributed by atoms with van der Waals surface area (Å²) in [6.45, 7) is 9.89. The van der Waals surface area contributed by atoms with E-state index in [-0.39, 0.29) is 29.6 Å². The molecule has 2 N–H and O–H groups in total. The Labute approximate surface area is 232 Å². The monoisotopic (exact) mass is 533 g/mol. The van der Waals surface area contributed by atoms with Crippen LogP contribution in [-0.2, 0) is 27.2 Å². The zero-order valence-corrected chi connectivity index (χ0v) is 24.3. The van der Waals surface area contributed by atoms with Crippen molar-refractivity contribution in [1.82, 2.24) is 15.5 Å². The molecule has 1 unspecified atom stereocenters. The molecule has 8 heteroatoms. The number of nitrogens with zero attached hydrogens (tertiary/aromatic N) is 3. The number of likely N-dealkylation sites (N-methyl/N-ethyl adjacent to an activating group) is 1. The average Bonchev–Trinajstić information content (AvgIpc) is 2.94. The fourth-order valence-electron chi connectivity index (χ4n) is 5.41. The molecule has 0 aliphatic carbocycles. The molecule has 1 saturated heterocycles. The Morgan fingerprint density at radius 2 is 1.72 bits per heavy atom. The quantitative estimate of drug-likeness (QED) is 0.336. The Bertz CT molecular complexity index is 1180. The number of hydrogen-bond acceptors (Lipinski definition) is 5. The van der Waals surface area contributed by atoms with Gasteiger partial charge in [0, 0.05) is 20.3 Å². The summed E-state index contributed by atoms with van der Waals surface area (Å²) in [4.78, 5) is 42.9. The summed E-state index contributed by atoms with van der Waals surface area (Å²) in [6.07, 6.45) is 3.92. The number of piperazine rings is 1. The summed E-state index contributed by atoms with van der Waals surface area (Å²) >= 11 is 0. The highest BCUT2D eigenvalue weighted by molar-refractivity contribution is 6.00. The van der Waals surface area contributed by atoms with Crippen molar-refractivity contribution in [1.29, 1.82) is 0 Å². The zero-order valence-electron chi connectivity index (χ0n) is 24.3. The number of carbonyl (C=O) groups is 3. The third kappa shape index (κ3) is 6.49. The summed E-state index contributed by atoms with van der Waals surface area (Å²) in [5.74, 6) is -1.08. The van der Waals surface area contributed by atoms with Gasteiger partial charge in [-0.3, -0.25) is 19.4 Å². The summed E-state index contributed by atoms with van der Waals surface area (Å²) < 4.78 is 0. The number of hydrazone groups is 1. The van der Waals surface area contributed by atoms with Gasteiger partial charge in [-0.25, -0.2) is 0 Å². The van der Waals surface area contributed by atoms with E-state index in [1.165, 1.54) is 11.1 Å². The SMILES string of the molecule is C/C=N\N(C)c1ccc([C@H](C(=O)NC)N2C(=O)C([C@H](C)Cc3ccccc3CC)NC(=O)[C@H]2[C@@H](C)CC)cc1. The van der Waals surface area contributed by atoms with E-state index in [9.17, 15) is 14.4 Å². The molecule has 2 aromatic rings. The minimum Gasteiger partial charge on any atom is -0.357 e. The summed E-state index contributed by atoms with van der Waals surface area (Å²) in [5, 5.41) is 11.8. The predicted molar refractivity (Wildman–Crippen MR) is 157 cm³/mol. The molecule has 0 saturated carbocycles. The molecule has 0 aromatic heterocycles. The molecule has 0 bridgehead atoms. The van der Waals surface area contributed by atoms with Gasteiger partial charge in [-0.05, 0) is 60.4 Å². The van der Waals surface area contributed by atoms with Gasteiger partial charge in [0.15, 0.2) is 0 Å². The first kappa shape index (κ1) is 29.9. The van der Waals surface area contributed by atoms with Crippen LogP contribution >= 0.6 is 0 Å². The highest BCUT2D eigenvalue weighted by Crippen LogP contribution is 2.33. The molecule has 1 heterocycles. The van der Waals surface area contributed by atoms with Crippen molar-refractivity contribution in [3.63, 3.8) is 0 Å². The van der Waals surface area contributed by atoms with E-state index in [1.807, 2.05) is 71.1 Å². The second-order valence-corrected chi connectivity index (χ2v) is 10.4. The molecule has 39 heavy (non-hydrogen) atoms. The first-order chi connectivity index (χ1) is 18.7. The fraction of sp³-hybridized carbons (Fsp3) is 0.484. The van der Waals surface area contributed by atoms with Crippen LogP contribution in [0.15, 0.2) is 53.6 Å². The van der Waals surface area contributed by atoms with Crippen molar-refractivity contribution in [2.75, 3.05) is 19.1 Å². The third-order valence-corrected chi connectivity index (χ3v) is 7.82. The van der Waals surface area contributed by atoms with E-state index in [0.717, 1.165) is 12.1 Å². The van der Waals surface area contributed by atoms with Crippen LogP contribution in [0, 0.1) is 11.8 Å². The van der Waals surface area contributed by atoms with E-state index in [0.29, 0.717) is 18.4 Å². The number of benzene rings is 2. The Kier molecular flexibility index (Phi) is 10.3. The fourth-order valence-corrected chi connectivity index (χ4v) is 5.41. The van der Waals surface area contributed by atoms with Crippen molar-refractivity contribution in [3.8, 4) is 0 Å². The molecule has 210 valence electrons. The summed E-state index contributed by atoms with van der Waals surface area (Å²) in [5.41, 5.74) is 3.89. The van der Waals surface area contributed by atoms with E-state index >= 15 is 0 Å². The van der Waals surface area contributed by atoms with Gasteiger partial charge in [0.2, 0.25) is 17.7 Å². The lowest BCUT2D eigenvalue weighted by Crippen LogP contribution is -2.68. The standard InChI is InChI=1S/C31H43N5O3/c1-8-20(4)27-30(38)34-26(21(5)19-24-14-12-11-13-22(24)9-2)31(39)36(27)28(29(37)32-6)23-15-17-25(18-16-23)35(7)33-10-3/h10-18,20-21,26-28H,8-9,19H2,1-7H3,(H,32,37)(H,34,38)/b33-10-/t20-,21+,26?,27+,28+/m0/s1. The highest BCUT2D eigenvalue weighted by Gasteiger charge is 2.49. The summed E-state index contributed by atoms with van der Waals surface area (Å²) in [6, 6.07) is 13.2. The van der Waals surface area contributed by atoms with Crippen LogP contribution in [0.3, 0.4) is 0 Å². The molecule has 3 amide bonds. The van der Waals surface area contributed by atoms with Crippen LogP contribution < -0.4 is 15.6 Å². The minimum absolute atomic E-state index is 0.137. The average molecular weight is 534 g/mol. The third-order valence-electron chi connectivity index (χ3n) is 7.82. The number of hydrogen-bond donors (Lipinski definition) is 2. The van der Waals surface area contributed by atoms with Crippen molar-refractivity contribution < 1.29 is 14.4 Å². The number of nitrogens with one attached hydrogen (secondary N) is 2. The first-order valence-electron chi connectivity index (χ1n) is 13.9. The van der Waals surface area contributed by atoms with Crippen molar-refractivity contribution in [3.05, 3.63) is 65.2 Å². The van der Waals surface area contributed by atoms with E-state index in [2.05, 4.69) is 34.8 Å². The molecule has 5 atom stereocenters. The Balaban J connectivity index is 2.04. The maximum atomic E-state index is 14.3. The first-order valence-corrected chi connectivity index (χ1v) is 13.9. The van der Waals surface area contributed by atoms with Crippen LogP contribution in [-0.4, -0.2) is 55.0 Å². The van der Waals surface area contributed by atoms with Crippen LogP contribution in [0.2, 0.25) is 0 Å². The van der Waals surface area contributed by atoms with Crippen LogP contribution in [0.5, 0.6) is 0 Å². The summed E-state index contributed by atoms with van der Waals surface area (Å²) in [7, 11) is 3.40. The molecule has 1 aliphatic rings. The van der Waals surface area contributed by atoms with Gasteiger partial charge in [0.05, 0.1) is 5.69 Å². The van der Waals surface area contributed by atoms with Crippen molar-refractivity contribution in [2.24, 2.45) is 16.9 Å². The molecule has 1 fully saturated rings. The Morgan fingerprint density at radius 1 is 1.08 bits per heavy atom. The lowest BCUT2D eigenvalue weighted by molar-refractivity contribution is -0.159. The van der Waals surface area contributed by atoms with Gasteiger partial charge < -0.3 is 15.5 Å². The second kappa shape index (κ2) is 13.4. The molecular formula is C31H43N5O3.